The van der Waals surface area contributed by atoms with Crippen LogP contribution in [0.2, 0.25) is 0 Å². The minimum atomic E-state index is 1.20. The summed E-state index contributed by atoms with van der Waals surface area (Å²) < 4.78 is 0. The van der Waals surface area contributed by atoms with E-state index in [2.05, 4.69) is 25.7 Å². The van der Waals surface area contributed by atoms with Gasteiger partial charge in [0.15, 0.2) is 0 Å². The Labute approximate surface area is 160 Å². The summed E-state index contributed by atoms with van der Waals surface area (Å²) in [6.07, 6.45) is 34.9. The van der Waals surface area contributed by atoms with Gasteiger partial charge in [0.05, 0.1) is 0 Å². The topological polar surface area (TPSA) is 0 Å². The van der Waals surface area contributed by atoms with Crippen molar-refractivity contribution in [2.75, 3.05) is 0 Å². The Morgan fingerprint density at radius 3 is 1.12 bits per heavy atom. The maximum Gasteiger partial charge on any atom is -0.0351 e. The van der Waals surface area contributed by atoms with Gasteiger partial charge in [0.2, 0.25) is 0 Å². The molecule has 0 aliphatic heterocycles. The van der Waals surface area contributed by atoms with Crippen LogP contribution in [0.3, 0.4) is 0 Å². The van der Waals surface area contributed by atoms with Crippen molar-refractivity contribution >= 4 is 0 Å². The molecule has 0 aromatic rings. The smallest absolute Gasteiger partial charge is 0.0351 e. The van der Waals surface area contributed by atoms with Crippen molar-refractivity contribution < 1.29 is 0 Å². The molecule has 0 atom stereocenters. The lowest BCUT2D eigenvalue weighted by Crippen LogP contribution is -1.82. The molecule has 0 aromatic heterocycles. The fourth-order valence-electron chi connectivity index (χ4n) is 3.42. The van der Waals surface area contributed by atoms with E-state index >= 15 is 0 Å². The molecule has 0 aliphatic rings. The molecular weight excluding hydrogens is 300 g/mol. The SMILES string of the molecule is C=CCCCCCCCCCCCCC/C=C/CCCCCCCC. The molecule has 0 amide bonds. The third-order valence-corrected chi connectivity index (χ3v) is 5.17. The molecule has 0 saturated heterocycles. The Morgan fingerprint density at radius 1 is 0.440 bits per heavy atom. The van der Waals surface area contributed by atoms with Crippen molar-refractivity contribution in [2.45, 2.75) is 135 Å². The van der Waals surface area contributed by atoms with Crippen LogP contribution in [0, 0.1) is 0 Å². The summed E-state index contributed by atoms with van der Waals surface area (Å²) in [6, 6.07) is 0. The van der Waals surface area contributed by atoms with Gasteiger partial charge in [-0.3, -0.25) is 0 Å². The summed E-state index contributed by atoms with van der Waals surface area (Å²) in [6.45, 7) is 6.07. The molecule has 0 radical (unpaired) electrons. The van der Waals surface area contributed by atoms with E-state index in [0.29, 0.717) is 0 Å². The predicted octanol–water partition coefficient (Wildman–Crippen LogP) is 9.55. The lowest BCUT2D eigenvalue weighted by molar-refractivity contribution is 0.547. The van der Waals surface area contributed by atoms with Gasteiger partial charge in [-0.25, -0.2) is 0 Å². The Hall–Kier alpha value is -0.520. The van der Waals surface area contributed by atoms with Crippen LogP contribution < -0.4 is 0 Å². The van der Waals surface area contributed by atoms with Crippen LogP contribution in [-0.4, -0.2) is 0 Å². The first-order valence-electron chi connectivity index (χ1n) is 11.7. The molecule has 0 bridgehead atoms. The van der Waals surface area contributed by atoms with Gasteiger partial charge in [-0.05, 0) is 38.5 Å². The molecule has 0 heterocycles. The van der Waals surface area contributed by atoms with Gasteiger partial charge in [-0.1, -0.05) is 115 Å². The molecule has 0 rings (SSSR count). The van der Waals surface area contributed by atoms with Gasteiger partial charge in [0, 0.05) is 0 Å². The highest BCUT2D eigenvalue weighted by Gasteiger charge is 1.93. The zero-order valence-corrected chi connectivity index (χ0v) is 17.6. The van der Waals surface area contributed by atoms with E-state index in [1.807, 2.05) is 6.08 Å². The van der Waals surface area contributed by atoms with Gasteiger partial charge < -0.3 is 0 Å². The molecule has 0 nitrogen and oxygen atoms in total. The summed E-state index contributed by atoms with van der Waals surface area (Å²) in [5.74, 6) is 0. The Kier molecular flexibility index (Phi) is 23.0. The highest BCUT2D eigenvalue weighted by atomic mass is 14.0. The van der Waals surface area contributed by atoms with E-state index in [-0.39, 0.29) is 0 Å². The first-order valence-corrected chi connectivity index (χ1v) is 11.7. The largest absolute Gasteiger partial charge is 0.103 e. The standard InChI is InChI=1S/C25H48/c1-3-5-7-9-11-13-15-17-19-21-23-25-24-22-20-18-16-14-12-10-8-6-4-2/h3,18,20H,1,4-17,19,21-25H2,2H3/b20-18+. The first-order chi connectivity index (χ1) is 12.4. The first kappa shape index (κ1) is 24.5. The van der Waals surface area contributed by atoms with Crippen LogP contribution in [0.5, 0.6) is 0 Å². The van der Waals surface area contributed by atoms with Crippen LogP contribution >= 0.6 is 0 Å². The monoisotopic (exact) mass is 348 g/mol. The van der Waals surface area contributed by atoms with Crippen molar-refractivity contribution in [3.8, 4) is 0 Å². The molecule has 0 aliphatic carbocycles. The van der Waals surface area contributed by atoms with E-state index in [1.54, 1.807) is 0 Å². The summed E-state index contributed by atoms with van der Waals surface area (Å²) in [7, 11) is 0. The van der Waals surface area contributed by atoms with Gasteiger partial charge in [0.25, 0.3) is 0 Å². The summed E-state index contributed by atoms with van der Waals surface area (Å²) in [4.78, 5) is 0. The highest BCUT2D eigenvalue weighted by molar-refractivity contribution is 4.81. The molecule has 0 saturated carbocycles. The van der Waals surface area contributed by atoms with Gasteiger partial charge in [-0.15, -0.1) is 6.58 Å². The molecule has 148 valence electrons. The Bertz CT molecular complexity index is 263. The molecule has 0 fully saturated rings. The predicted molar refractivity (Wildman–Crippen MR) is 117 cm³/mol. The minimum Gasteiger partial charge on any atom is -0.103 e. The van der Waals surface area contributed by atoms with E-state index in [1.165, 1.54) is 128 Å². The molecule has 0 N–H and O–H groups in total. The van der Waals surface area contributed by atoms with Crippen LogP contribution in [0.4, 0.5) is 0 Å². The molecule has 0 heteroatoms. The molecule has 25 heavy (non-hydrogen) atoms. The lowest BCUT2D eigenvalue weighted by Gasteiger charge is -2.02. The lowest BCUT2D eigenvalue weighted by atomic mass is 10.0. The fourth-order valence-corrected chi connectivity index (χ4v) is 3.42. The number of rotatable bonds is 21. The average Bonchev–Trinajstić information content (AvgIpc) is 2.63. The van der Waals surface area contributed by atoms with Crippen molar-refractivity contribution in [3.63, 3.8) is 0 Å². The second-order valence-corrected chi connectivity index (χ2v) is 7.78. The quantitative estimate of drug-likeness (QED) is 0.143. The van der Waals surface area contributed by atoms with E-state index in [4.69, 9.17) is 0 Å². The van der Waals surface area contributed by atoms with Crippen LogP contribution in [-0.2, 0) is 0 Å². The van der Waals surface area contributed by atoms with Crippen molar-refractivity contribution in [3.05, 3.63) is 24.8 Å². The third-order valence-electron chi connectivity index (χ3n) is 5.17. The van der Waals surface area contributed by atoms with E-state index in [9.17, 15) is 0 Å². The second-order valence-electron chi connectivity index (χ2n) is 7.78. The van der Waals surface area contributed by atoms with Crippen molar-refractivity contribution in [2.24, 2.45) is 0 Å². The van der Waals surface area contributed by atoms with Crippen molar-refractivity contribution in [1.29, 1.82) is 0 Å². The molecule has 0 aromatic carbocycles. The summed E-state index contributed by atoms with van der Waals surface area (Å²) >= 11 is 0. The maximum absolute atomic E-state index is 3.78. The van der Waals surface area contributed by atoms with Crippen LogP contribution in [0.25, 0.3) is 0 Å². The van der Waals surface area contributed by atoms with Gasteiger partial charge in [0.1, 0.15) is 0 Å². The second kappa shape index (κ2) is 23.5. The van der Waals surface area contributed by atoms with E-state index < -0.39 is 0 Å². The average molecular weight is 349 g/mol. The van der Waals surface area contributed by atoms with Gasteiger partial charge >= 0.3 is 0 Å². The summed E-state index contributed by atoms with van der Waals surface area (Å²) in [5.41, 5.74) is 0. The number of allylic oxidation sites excluding steroid dienone is 3. The number of unbranched alkanes of at least 4 members (excludes halogenated alkanes) is 18. The van der Waals surface area contributed by atoms with Crippen LogP contribution in [0.15, 0.2) is 24.8 Å². The Morgan fingerprint density at radius 2 is 0.760 bits per heavy atom. The van der Waals surface area contributed by atoms with Gasteiger partial charge in [-0.2, -0.15) is 0 Å². The number of hydrogen-bond acceptors (Lipinski definition) is 0. The van der Waals surface area contributed by atoms with Crippen molar-refractivity contribution in [1.82, 2.24) is 0 Å². The highest BCUT2D eigenvalue weighted by Crippen LogP contribution is 2.13. The van der Waals surface area contributed by atoms with Crippen LogP contribution in [0.1, 0.15) is 135 Å². The molecular formula is C25H48. The third kappa shape index (κ3) is 23.5. The number of hydrogen-bond donors (Lipinski definition) is 0. The summed E-state index contributed by atoms with van der Waals surface area (Å²) in [5, 5.41) is 0. The minimum absolute atomic E-state index is 1.20. The molecule has 0 unspecified atom stereocenters. The zero-order chi connectivity index (χ0) is 18.3. The normalized spacial score (nSPS) is 11.4. The Balaban J connectivity index is 3.04. The molecule has 0 spiro atoms. The fraction of sp³-hybridized carbons (Fsp3) is 0.840. The maximum atomic E-state index is 3.78. The van der Waals surface area contributed by atoms with E-state index in [0.717, 1.165) is 0 Å². The zero-order valence-electron chi connectivity index (χ0n) is 17.6.